The highest BCUT2D eigenvalue weighted by atomic mass is 16.5. The second kappa shape index (κ2) is 7.05. The molecular weight excluding hydrogens is 332 g/mol. The van der Waals surface area contributed by atoms with Gasteiger partial charge < -0.3 is 14.5 Å². The lowest BCUT2D eigenvalue weighted by Crippen LogP contribution is -2.37. The van der Waals surface area contributed by atoms with Crippen molar-refractivity contribution in [3.05, 3.63) is 65.7 Å². The molecule has 0 saturated carbocycles. The number of aliphatic hydroxyl groups excluding tert-OH is 1. The zero-order valence-electron chi connectivity index (χ0n) is 14.1. The number of benzene rings is 1. The maximum Gasteiger partial charge on any atom is 0.295 e. The van der Waals surface area contributed by atoms with Crippen molar-refractivity contribution in [3.63, 3.8) is 0 Å². The Labute approximate surface area is 150 Å². The van der Waals surface area contributed by atoms with Gasteiger partial charge in [0.25, 0.3) is 17.6 Å². The molecule has 1 aromatic carbocycles. The Balaban J connectivity index is 1.62. The van der Waals surface area contributed by atoms with Gasteiger partial charge in [-0.3, -0.25) is 9.78 Å². The molecule has 1 aliphatic rings. The van der Waals surface area contributed by atoms with Crippen molar-refractivity contribution in [2.45, 2.75) is 18.9 Å². The zero-order valence-corrected chi connectivity index (χ0v) is 14.1. The number of rotatable bonds is 5. The van der Waals surface area contributed by atoms with Gasteiger partial charge in [0.15, 0.2) is 0 Å². The fourth-order valence-electron chi connectivity index (χ4n) is 3.41. The first-order chi connectivity index (χ1) is 12.8. The minimum absolute atomic E-state index is 0.0123. The maximum absolute atomic E-state index is 13.0. The number of fused-ring (bicyclic) bond motifs is 1. The first-order valence-corrected chi connectivity index (χ1v) is 8.51. The summed E-state index contributed by atoms with van der Waals surface area (Å²) >= 11 is 0. The standard InChI is InChI=1S/C19H18N4O3/c24-11-10-23(16-8-7-13-4-1-2-6-15(13)16)19(25)17-21-18(26-22-17)14-5-3-9-20-12-14/h1-6,9,12,16,24H,7-8,10-11H2/t16-/m0/s1. The van der Waals surface area contributed by atoms with E-state index in [0.717, 1.165) is 18.4 Å². The third-order valence-corrected chi connectivity index (χ3v) is 4.60. The van der Waals surface area contributed by atoms with Gasteiger partial charge in [0.1, 0.15) is 0 Å². The van der Waals surface area contributed by atoms with E-state index in [2.05, 4.69) is 21.2 Å². The predicted molar refractivity (Wildman–Crippen MR) is 93.2 cm³/mol. The van der Waals surface area contributed by atoms with E-state index in [-0.39, 0.29) is 36.8 Å². The summed E-state index contributed by atoms with van der Waals surface area (Å²) in [6.07, 6.45) is 4.97. The second-order valence-electron chi connectivity index (χ2n) is 6.14. The van der Waals surface area contributed by atoms with Crippen LogP contribution in [0.4, 0.5) is 0 Å². The van der Waals surface area contributed by atoms with Crippen LogP contribution in [0.15, 0.2) is 53.3 Å². The number of hydrogen-bond donors (Lipinski definition) is 1. The third-order valence-electron chi connectivity index (χ3n) is 4.60. The Morgan fingerprint density at radius 3 is 2.96 bits per heavy atom. The Morgan fingerprint density at radius 2 is 2.15 bits per heavy atom. The first kappa shape index (κ1) is 16.4. The number of nitrogens with zero attached hydrogens (tertiary/aromatic N) is 4. The minimum atomic E-state index is -0.348. The van der Waals surface area contributed by atoms with Gasteiger partial charge in [-0.05, 0) is 36.1 Å². The molecule has 0 saturated heterocycles. The Morgan fingerprint density at radius 1 is 1.27 bits per heavy atom. The molecule has 1 N–H and O–H groups in total. The lowest BCUT2D eigenvalue weighted by Gasteiger charge is -2.28. The summed E-state index contributed by atoms with van der Waals surface area (Å²) < 4.78 is 5.22. The lowest BCUT2D eigenvalue weighted by atomic mass is 10.1. The molecule has 0 fully saturated rings. The fourth-order valence-corrected chi connectivity index (χ4v) is 3.41. The van der Waals surface area contributed by atoms with Gasteiger partial charge in [-0.15, -0.1) is 0 Å². The average molecular weight is 350 g/mol. The van der Waals surface area contributed by atoms with Gasteiger partial charge in [0.05, 0.1) is 18.2 Å². The van der Waals surface area contributed by atoms with Crippen LogP contribution in [0, 0.1) is 0 Å². The summed E-state index contributed by atoms with van der Waals surface area (Å²) in [6, 6.07) is 11.5. The zero-order chi connectivity index (χ0) is 17.9. The number of aromatic nitrogens is 3. The van der Waals surface area contributed by atoms with E-state index in [1.807, 2.05) is 18.2 Å². The van der Waals surface area contributed by atoms with Gasteiger partial charge >= 0.3 is 0 Å². The number of carbonyl (C=O) groups is 1. The number of aliphatic hydroxyl groups is 1. The largest absolute Gasteiger partial charge is 0.395 e. The van der Waals surface area contributed by atoms with Crippen LogP contribution < -0.4 is 0 Å². The summed E-state index contributed by atoms with van der Waals surface area (Å²) in [5.41, 5.74) is 3.00. The molecule has 132 valence electrons. The molecule has 1 aliphatic carbocycles. The van der Waals surface area contributed by atoms with Crippen LogP contribution in [-0.4, -0.2) is 44.2 Å². The van der Waals surface area contributed by atoms with Crippen molar-refractivity contribution in [2.24, 2.45) is 0 Å². The van der Waals surface area contributed by atoms with Crippen molar-refractivity contribution in [2.75, 3.05) is 13.2 Å². The topological polar surface area (TPSA) is 92.3 Å². The molecule has 0 radical (unpaired) electrons. The number of aryl methyl sites for hydroxylation is 1. The number of amides is 1. The molecule has 2 aromatic heterocycles. The number of pyridine rings is 1. The average Bonchev–Trinajstić information content (AvgIpc) is 3.34. The van der Waals surface area contributed by atoms with Gasteiger partial charge in [0.2, 0.25) is 0 Å². The molecule has 3 aromatic rings. The second-order valence-corrected chi connectivity index (χ2v) is 6.14. The molecule has 7 nitrogen and oxygen atoms in total. The molecule has 1 atom stereocenters. The third kappa shape index (κ3) is 2.97. The van der Waals surface area contributed by atoms with Crippen LogP contribution >= 0.6 is 0 Å². The van der Waals surface area contributed by atoms with Gasteiger partial charge in [-0.25, -0.2) is 0 Å². The molecular formula is C19H18N4O3. The normalized spacial score (nSPS) is 15.7. The van der Waals surface area contributed by atoms with Crippen LogP contribution in [0.5, 0.6) is 0 Å². The summed E-state index contributed by atoms with van der Waals surface area (Å²) in [5.74, 6) is -0.112. The summed E-state index contributed by atoms with van der Waals surface area (Å²) in [6.45, 7) is 0.0896. The predicted octanol–water partition coefficient (Wildman–Crippen LogP) is 2.25. The van der Waals surface area contributed by atoms with Crippen molar-refractivity contribution in [1.82, 2.24) is 20.0 Å². The molecule has 4 rings (SSSR count). The highest BCUT2D eigenvalue weighted by Crippen LogP contribution is 2.36. The highest BCUT2D eigenvalue weighted by Gasteiger charge is 2.33. The van der Waals surface area contributed by atoms with Crippen LogP contribution in [-0.2, 0) is 6.42 Å². The molecule has 0 spiro atoms. The molecule has 0 unspecified atom stereocenters. The smallest absolute Gasteiger partial charge is 0.295 e. The van der Waals surface area contributed by atoms with E-state index in [1.54, 1.807) is 29.4 Å². The summed E-state index contributed by atoms with van der Waals surface area (Å²) in [4.78, 5) is 22.9. The Kier molecular flexibility index (Phi) is 4.45. The van der Waals surface area contributed by atoms with Gasteiger partial charge in [-0.2, -0.15) is 4.98 Å². The van der Waals surface area contributed by atoms with Crippen LogP contribution in [0.1, 0.15) is 34.2 Å². The molecule has 2 heterocycles. The summed E-state index contributed by atoms with van der Waals surface area (Å²) in [5, 5.41) is 13.3. The van der Waals surface area contributed by atoms with Crippen LogP contribution in [0.25, 0.3) is 11.5 Å². The molecule has 7 heteroatoms. The van der Waals surface area contributed by atoms with Crippen LogP contribution in [0.3, 0.4) is 0 Å². The Hall–Kier alpha value is -3.06. The van der Waals surface area contributed by atoms with Crippen molar-refractivity contribution >= 4 is 5.91 Å². The van der Waals surface area contributed by atoms with E-state index in [9.17, 15) is 9.90 Å². The molecule has 1 amide bonds. The van der Waals surface area contributed by atoms with Crippen molar-refractivity contribution in [1.29, 1.82) is 0 Å². The van der Waals surface area contributed by atoms with E-state index in [0.29, 0.717) is 5.56 Å². The molecule has 0 aliphatic heterocycles. The van der Waals surface area contributed by atoms with Crippen molar-refractivity contribution < 1.29 is 14.4 Å². The monoisotopic (exact) mass is 350 g/mol. The fraction of sp³-hybridized carbons (Fsp3) is 0.263. The van der Waals surface area contributed by atoms with Gasteiger partial charge in [0, 0.05) is 18.9 Å². The van der Waals surface area contributed by atoms with E-state index in [4.69, 9.17) is 4.52 Å². The molecule has 0 bridgehead atoms. The van der Waals surface area contributed by atoms with Crippen LogP contribution in [0.2, 0.25) is 0 Å². The Bertz CT molecular complexity index is 910. The van der Waals surface area contributed by atoms with E-state index >= 15 is 0 Å². The quantitative estimate of drug-likeness (QED) is 0.759. The van der Waals surface area contributed by atoms with Crippen molar-refractivity contribution in [3.8, 4) is 11.5 Å². The molecule has 26 heavy (non-hydrogen) atoms. The minimum Gasteiger partial charge on any atom is -0.395 e. The summed E-state index contributed by atoms with van der Waals surface area (Å²) in [7, 11) is 0. The highest BCUT2D eigenvalue weighted by molar-refractivity contribution is 5.91. The number of hydrogen-bond acceptors (Lipinski definition) is 6. The first-order valence-electron chi connectivity index (χ1n) is 8.51. The lowest BCUT2D eigenvalue weighted by molar-refractivity contribution is 0.0615. The number of carbonyl (C=O) groups excluding carboxylic acids is 1. The van der Waals surface area contributed by atoms with E-state index < -0.39 is 0 Å². The van der Waals surface area contributed by atoms with E-state index in [1.165, 1.54) is 5.56 Å². The SMILES string of the molecule is O=C(c1noc(-c2cccnc2)n1)N(CCO)[C@H]1CCc2ccccc21. The van der Waals surface area contributed by atoms with Gasteiger partial charge in [-0.1, -0.05) is 29.4 Å². The maximum atomic E-state index is 13.0.